The van der Waals surface area contributed by atoms with E-state index in [9.17, 15) is 14.9 Å². The van der Waals surface area contributed by atoms with Gasteiger partial charge >= 0.3 is 11.7 Å². The van der Waals surface area contributed by atoms with Crippen molar-refractivity contribution in [3.05, 3.63) is 40.3 Å². The highest BCUT2D eigenvalue weighted by atomic mass is 16.6. The van der Waals surface area contributed by atoms with Gasteiger partial charge in [0.1, 0.15) is 0 Å². The molecule has 0 saturated heterocycles. The van der Waals surface area contributed by atoms with Crippen molar-refractivity contribution in [1.29, 1.82) is 0 Å². The lowest BCUT2D eigenvalue weighted by atomic mass is 10.2. The molecule has 0 bridgehead atoms. The van der Waals surface area contributed by atoms with Crippen LogP contribution < -0.4 is 4.74 Å². The number of aromatic nitrogens is 3. The molecule has 0 aromatic carbocycles. The first-order valence-electron chi connectivity index (χ1n) is 5.98. The van der Waals surface area contributed by atoms with Gasteiger partial charge in [-0.25, -0.2) is 9.78 Å². The molecule has 2 rings (SSSR count). The lowest BCUT2D eigenvalue weighted by Crippen LogP contribution is -2.02. The molecule has 0 aliphatic heterocycles. The Bertz CT molecular complexity index is 695. The molecular weight excluding hydrogens is 280 g/mol. The number of rotatable bonds is 5. The van der Waals surface area contributed by atoms with E-state index in [0.717, 1.165) is 12.3 Å². The van der Waals surface area contributed by atoms with Gasteiger partial charge in [-0.05, 0) is 13.8 Å². The van der Waals surface area contributed by atoms with Gasteiger partial charge in [-0.2, -0.15) is 5.10 Å². The lowest BCUT2D eigenvalue weighted by molar-refractivity contribution is -0.386. The molecule has 0 amide bonds. The maximum absolute atomic E-state index is 11.0. The van der Waals surface area contributed by atoms with Crippen molar-refractivity contribution in [1.82, 2.24) is 14.8 Å². The Morgan fingerprint density at radius 3 is 2.71 bits per heavy atom. The van der Waals surface area contributed by atoms with Gasteiger partial charge in [-0.1, -0.05) is 0 Å². The van der Waals surface area contributed by atoms with Crippen LogP contribution in [0.25, 0.3) is 0 Å². The van der Waals surface area contributed by atoms with Crippen molar-refractivity contribution in [3.63, 3.8) is 0 Å². The zero-order valence-corrected chi connectivity index (χ0v) is 11.3. The van der Waals surface area contributed by atoms with Crippen LogP contribution >= 0.6 is 0 Å². The Kier molecular flexibility index (Phi) is 3.83. The highest BCUT2D eigenvalue weighted by molar-refractivity contribution is 5.88. The number of nitrogens with zero attached hydrogens (tertiary/aromatic N) is 4. The zero-order chi connectivity index (χ0) is 15.6. The number of ether oxygens (including phenoxy) is 1. The van der Waals surface area contributed by atoms with Gasteiger partial charge in [-0.3, -0.25) is 14.8 Å². The van der Waals surface area contributed by atoms with E-state index in [4.69, 9.17) is 9.84 Å². The zero-order valence-electron chi connectivity index (χ0n) is 11.3. The van der Waals surface area contributed by atoms with Crippen LogP contribution in [0.5, 0.6) is 11.6 Å². The SMILES string of the molecule is CC(C)n1cc(Oc2ncc(C(=O)O)cc2[N+](=O)[O-])cn1. The van der Waals surface area contributed by atoms with Gasteiger partial charge in [0, 0.05) is 18.3 Å². The van der Waals surface area contributed by atoms with E-state index >= 15 is 0 Å². The van der Waals surface area contributed by atoms with Crippen LogP contribution in [0.4, 0.5) is 5.69 Å². The predicted molar refractivity (Wildman–Crippen MR) is 70.5 cm³/mol. The van der Waals surface area contributed by atoms with Gasteiger partial charge in [0.05, 0.1) is 22.9 Å². The molecule has 9 heteroatoms. The first-order valence-corrected chi connectivity index (χ1v) is 5.98. The van der Waals surface area contributed by atoms with E-state index in [2.05, 4.69) is 10.1 Å². The Labute approximate surface area is 118 Å². The summed E-state index contributed by atoms with van der Waals surface area (Å²) in [5.41, 5.74) is -0.806. The second-order valence-electron chi connectivity index (χ2n) is 4.46. The normalized spacial score (nSPS) is 10.6. The Hall–Kier alpha value is -2.97. The standard InChI is InChI=1S/C12H12N4O5/c1-7(2)15-6-9(5-14-15)21-11-10(16(19)20)3-8(4-13-11)12(17)18/h3-7H,1-2H3,(H,17,18). The molecule has 9 nitrogen and oxygen atoms in total. The summed E-state index contributed by atoms with van der Waals surface area (Å²) in [6.45, 7) is 3.83. The number of pyridine rings is 1. The average molecular weight is 292 g/mol. The monoisotopic (exact) mass is 292 g/mol. The van der Waals surface area contributed by atoms with E-state index in [1.807, 2.05) is 13.8 Å². The molecule has 0 saturated carbocycles. The third kappa shape index (κ3) is 3.14. The van der Waals surface area contributed by atoms with Crippen LogP contribution in [-0.4, -0.2) is 30.8 Å². The third-order valence-corrected chi connectivity index (χ3v) is 2.60. The number of hydrogen-bond acceptors (Lipinski definition) is 6. The predicted octanol–water partition coefficient (Wildman–Crippen LogP) is 2.26. The van der Waals surface area contributed by atoms with Crippen molar-refractivity contribution in [3.8, 4) is 11.6 Å². The van der Waals surface area contributed by atoms with Gasteiger partial charge in [0.2, 0.25) is 0 Å². The number of carboxylic acid groups (broad SMARTS) is 1. The van der Waals surface area contributed by atoms with E-state index in [0.29, 0.717) is 0 Å². The molecule has 2 aromatic heterocycles. The largest absolute Gasteiger partial charge is 0.478 e. The molecule has 0 spiro atoms. The van der Waals surface area contributed by atoms with Gasteiger partial charge < -0.3 is 9.84 Å². The molecular formula is C12H12N4O5. The van der Waals surface area contributed by atoms with Crippen molar-refractivity contribution >= 4 is 11.7 Å². The first-order chi connectivity index (χ1) is 9.88. The smallest absolute Gasteiger partial charge is 0.337 e. The number of hydrogen-bond donors (Lipinski definition) is 1. The maximum Gasteiger partial charge on any atom is 0.337 e. The molecule has 0 aliphatic carbocycles. The highest BCUT2D eigenvalue weighted by Gasteiger charge is 2.21. The van der Waals surface area contributed by atoms with Crippen LogP contribution in [0.3, 0.4) is 0 Å². The fourth-order valence-electron chi connectivity index (χ4n) is 1.53. The summed E-state index contributed by atoms with van der Waals surface area (Å²) in [5, 5.41) is 23.8. The fraction of sp³-hybridized carbons (Fsp3) is 0.250. The number of carbonyl (C=O) groups is 1. The second-order valence-corrected chi connectivity index (χ2v) is 4.46. The summed E-state index contributed by atoms with van der Waals surface area (Å²) < 4.78 is 6.93. The van der Waals surface area contributed by atoms with Crippen molar-refractivity contribution in [2.24, 2.45) is 0 Å². The fourth-order valence-corrected chi connectivity index (χ4v) is 1.53. The number of carboxylic acids is 1. The molecule has 110 valence electrons. The average Bonchev–Trinajstić information content (AvgIpc) is 2.87. The van der Waals surface area contributed by atoms with Crippen molar-refractivity contribution in [2.45, 2.75) is 19.9 Å². The molecule has 1 N–H and O–H groups in total. The van der Waals surface area contributed by atoms with Crippen LogP contribution in [0.1, 0.15) is 30.2 Å². The van der Waals surface area contributed by atoms with Crippen LogP contribution in [-0.2, 0) is 0 Å². The summed E-state index contributed by atoms with van der Waals surface area (Å²) in [6.07, 6.45) is 3.97. The van der Waals surface area contributed by atoms with Gasteiger partial charge in [0.25, 0.3) is 5.88 Å². The topological polar surface area (TPSA) is 120 Å². The van der Waals surface area contributed by atoms with Gasteiger partial charge in [-0.15, -0.1) is 0 Å². The van der Waals surface area contributed by atoms with Crippen LogP contribution in [0, 0.1) is 10.1 Å². The minimum absolute atomic E-state index is 0.111. The molecule has 0 atom stereocenters. The van der Waals surface area contributed by atoms with E-state index in [-0.39, 0.29) is 23.2 Å². The van der Waals surface area contributed by atoms with Gasteiger partial charge in [0.15, 0.2) is 5.75 Å². The maximum atomic E-state index is 11.0. The Morgan fingerprint density at radius 2 is 2.19 bits per heavy atom. The van der Waals surface area contributed by atoms with Crippen LogP contribution in [0.15, 0.2) is 24.7 Å². The third-order valence-electron chi connectivity index (χ3n) is 2.60. The van der Waals surface area contributed by atoms with E-state index < -0.39 is 16.6 Å². The molecule has 2 aromatic rings. The minimum atomic E-state index is -1.30. The van der Waals surface area contributed by atoms with E-state index in [1.165, 1.54) is 6.20 Å². The van der Waals surface area contributed by atoms with Crippen molar-refractivity contribution in [2.75, 3.05) is 0 Å². The summed E-state index contributed by atoms with van der Waals surface area (Å²) >= 11 is 0. The molecule has 0 fully saturated rings. The quantitative estimate of drug-likeness (QED) is 0.662. The van der Waals surface area contributed by atoms with Crippen LogP contribution in [0.2, 0.25) is 0 Å². The molecule has 2 heterocycles. The summed E-state index contributed by atoms with van der Waals surface area (Å²) in [6, 6.07) is 1.01. The summed E-state index contributed by atoms with van der Waals surface area (Å²) in [4.78, 5) is 24.7. The minimum Gasteiger partial charge on any atom is -0.478 e. The molecule has 21 heavy (non-hydrogen) atoms. The highest BCUT2D eigenvalue weighted by Crippen LogP contribution is 2.29. The number of nitro groups is 1. The number of aromatic carboxylic acids is 1. The van der Waals surface area contributed by atoms with E-state index in [1.54, 1.807) is 10.9 Å². The van der Waals surface area contributed by atoms with Crippen molar-refractivity contribution < 1.29 is 19.6 Å². The second kappa shape index (κ2) is 5.57. The summed E-state index contributed by atoms with van der Waals surface area (Å²) in [7, 11) is 0. The lowest BCUT2D eigenvalue weighted by Gasteiger charge is -2.04. The molecule has 0 aliphatic rings. The Balaban J connectivity index is 2.34. The first kappa shape index (κ1) is 14.4. The molecule has 0 unspecified atom stereocenters. The summed E-state index contributed by atoms with van der Waals surface area (Å²) in [5.74, 6) is -1.31. The molecule has 0 radical (unpaired) electrons. The Morgan fingerprint density at radius 1 is 1.48 bits per heavy atom.